The molecule has 2 aliphatic carbocycles. The number of benzene rings is 1. The van der Waals surface area contributed by atoms with Gasteiger partial charge < -0.3 is 4.74 Å². The van der Waals surface area contributed by atoms with Gasteiger partial charge in [0.1, 0.15) is 5.75 Å². The second-order valence-corrected chi connectivity index (χ2v) is 10.8. The molecule has 1 fully saturated rings. The van der Waals surface area contributed by atoms with Crippen LogP contribution >= 0.6 is 0 Å². The van der Waals surface area contributed by atoms with Crippen molar-refractivity contribution in [1.29, 1.82) is 0 Å². The minimum absolute atomic E-state index is 0.635. The molecule has 0 spiro atoms. The Morgan fingerprint density at radius 3 is 2.31 bits per heavy atom. The quantitative estimate of drug-likeness (QED) is 0.207. The van der Waals surface area contributed by atoms with Gasteiger partial charge in [-0.1, -0.05) is 82.6 Å². The molecular weight excluding hydrogens is 388 g/mol. The molecule has 1 aromatic carbocycles. The van der Waals surface area contributed by atoms with Crippen LogP contribution in [0.15, 0.2) is 35.9 Å². The van der Waals surface area contributed by atoms with Crippen molar-refractivity contribution in [1.82, 2.24) is 0 Å². The fraction of sp³-hybridized carbons (Fsp3) is 0.742. The standard InChI is InChI=1S/C31H50O/c1-3-5-11-21-31(22-12-8-13-23-31)24-20-29(26-27-14-9-7-10-15-27)28-16-18-30(19-17-28)32-25-6-4-2/h14,16-19,29H,3-13,15,20-26H2,1-2H3. The summed E-state index contributed by atoms with van der Waals surface area (Å²) in [6.45, 7) is 5.40. The summed E-state index contributed by atoms with van der Waals surface area (Å²) in [5, 5.41) is 0. The zero-order chi connectivity index (χ0) is 22.5. The summed E-state index contributed by atoms with van der Waals surface area (Å²) in [6, 6.07) is 9.20. The molecule has 3 rings (SSSR count). The van der Waals surface area contributed by atoms with E-state index in [1.807, 2.05) is 0 Å². The summed E-state index contributed by atoms with van der Waals surface area (Å²) in [7, 11) is 0. The van der Waals surface area contributed by atoms with Gasteiger partial charge in [0.25, 0.3) is 0 Å². The van der Waals surface area contributed by atoms with Crippen molar-refractivity contribution >= 4 is 0 Å². The second-order valence-electron chi connectivity index (χ2n) is 10.8. The molecule has 32 heavy (non-hydrogen) atoms. The predicted molar refractivity (Wildman–Crippen MR) is 140 cm³/mol. The maximum absolute atomic E-state index is 5.95. The lowest BCUT2D eigenvalue weighted by molar-refractivity contribution is 0.144. The molecule has 1 nitrogen and oxygen atoms in total. The van der Waals surface area contributed by atoms with Gasteiger partial charge in [0.15, 0.2) is 0 Å². The van der Waals surface area contributed by atoms with Crippen molar-refractivity contribution in [2.75, 3.05) is 6.61 Å². The molecule has 0 aromatic heterocycles. The van der Waals surface area contributed by atoms with Crippen LogP contribution in [-0.4, -0.2) is 6.61 Å². The first-order valence-electron chi connectivity index (χ1n) is 14.2. The highest BCUT2D eigenvalue weighted by molar-refractivity contribution is 5.30. The van der Waals surface area contributed by atoms with Crippen LogP contribution in [0.2, 0.25) is 0 Å². The molecule has 0 radical (unpaired) electrons. The van der Waals surface area contributed by atoms with E-state index in [0.717, 1.165) is 18.8 Å². The zero-order valence-corrected chi connectivity index (χ0v) is 21.3. The van der Waals surface area contributed by atoms with Gasteiger partial charge >= 0.3 is 0 Å². The van der Waals surface area contributed by atoms with E-state index in [9.17, 15) is 0 Å². The Kier molecular flexibility index (Phi) is 11.2. The molecular formula is C31H50O. The molecule has 1 aromatic rings. The van der Waals surface area contributed by atoms with E-state index in [4.69, 9.17) is 4.74 Å². The van der Waals surface area contributed by atoms with Gasteiger partial charge in [0.2, 0.25) is 0 Å². The maximum Gasteiger partial charge on any atom is 0.119 e. The number of rotatable bonds is 14. The molecule has 0 saturated heterocycles. The summed E-state index contributed by atoms with van der Waals surface area (Å²) >= 11 is 0. The SMILES string of the molecule is CCCCCC1(CCC(CC2=CCCCC2)c2ccc(OCCCC)cc2)CCCCC1. The Bertz CT molecular complexity index is 650. The third-order valence-corrected chi connectivity index (χ3v) is 8.26. The van der Waals surface area contributed by atoms with E-state index in [-0.39, 0.29) is 0 Å². The first-order chi connectivity index (χ1) is 15.7. The Hall–Kier alpha value is -1.24. The molecule has 0 aliphatic heterocycles. The van der Waals surface area contributed by atoms with E-state index in [2.05, 4.69) is 44.2 Å². The fourth-order valence-electron chi connectivity index (χ4n) is 6.12. The van der Waals surface area contributed by atoms with Crippen molar-refractivity contribution < 1.29 is 4.74 Å². The molecule has 2 aliphatic rings. The average Bonchev–Trinajstić information content (AvgIpc) is 2.84. The molecule has 0 bridgehead atoms. The van der Waals surface area contributed by atoms with Gasteiger partial charge in [-0.25, -0.2) is 0 Å². The fourth-order valence-corrected chi connectivity index (χ4v) is 6.12. The summed E-state index contributed by atoms with van der Waals surface area (Å²) in [6.07, 6.45) is 27.4. The lowest BCUT2D eigenvalue weighted by atomic mass is 9.66. The smallest absolute Gasteiger partial charge is 0.119 e. The van der Waals surface area contributed by atoms with Gasteiger partial charge in [0.05, 0.1) is 6.61 Å². The summed E-state index contributed by atoms with van der Waals surface area (Å²) < 4.78 is 5.95. The Morgan fingerprint density at radius 2 is 1.62 bits per heavy atom. The first kappa shape index (κ1) is 25.4. The topological polar surface area (TPSA) is 9.23 Å². The average molecular weight is 439 g/mol. The minimum atomic E-state index is 0.635. The van der Waals surface area contributed by atoms with Crippen LogP contribution in [0.25, 0.3) is 0 Å². The van der Waals surface area contributed by atoms with Crippen molar-refractivity contribution in [3.05, 3.63) is 41.5 Å². The Labute approximate surface area is 199 Å². The zero-order valence-electron chi connectivity index (χ0n) is 21.3. The van der Waals surface area contributed by atoms with Crippen molar-refractivity contribution in [2.45, 2.75) is 135 Å². The van der Waals surface area contributed by atoms with Crippen LogP contribution in [0.4, 0.5) is 0 Å². The molecule has 1 saturated carbocycles. The largest absolute Gasteiger partial charge is 0.494 e. The predicted octanol–water partition coefficient (Wildman–Crippen LogP) is 10.2. The molecule has 1 heteroatoms. The number of unbranched alkanes of at least 4 members (excludes halogenated alkanes) is 3. The van der Waals surface area contributed by atoms with Gasteiger partial charge in [-0.15, -0.1) is 0 Å². The molecule has 1 atom stereocenters. The van der Waals surface area contributed by atoms with Crippen molar-refractivity contribution in [2.24, 2.45) is 5.41 Å². The molecule has 1 unspecified atom stereocenters. The Balaban J connectivity index is 1.68. The highest BCUT2D eigenvalue weighted by Crippen LogP contribution is 2.47. The van der Waals surface area contributed by atoms with Crippen LogP contribution in [-0.2, 0) is 0 Å². The lowest BCUT2D eigenvalue weighted by Gasteiger charge is -2.39. The summed E-state index contributed by atoms with van der Waals surface area (Å²) in [5.41, 5.74) is 3.91. The lowest BCUT2D eigenvalue weighted by Crippen LogP contribution is -2.25. The van der Waals surface area contributed by atoms with E-state index >= 15 is 0 Å². The summed E-state index contributed by atoms with van der Waals surface area (Å²) in [5.74, 6) is 1.72. The van der Waals surface area contributed by atoms with Crippen LogP contribution in [0.1, 0.15) is 141 Å². The third kappa shape index (κ3) is 8.27. The maximum atomic E-state index is 5.95. The molecule has 0 amide bonds. The van der Waals surface area contributed by atoms with Gasteiger partial charge in [-0.3, -0.25) is 0 Å². The van der Waals surface area contributed by atoms with Crippen molar-refractivity contribution in [3.63, 3.8) is 0 Å². The number of allylic oxidation sites excluding steroid dienone is 2. The van der Waals surface area contributed by atoms with Gasteiger partial charge in [0, 0.05) is 0 Å². The second kappa shape index (κ2) is 14.1. The van der Waals surface area contributed by atoms with E-state index < -0.39 is 0 Å². The number of hydrogen-bond acceptors (Lipinski definition) is 1. The molecule has 0 heterocycles. The summed E-state index contributed by atoms with van der Waals surface area (Å²) in [4.78, 5) is 0. The van der Waals surface area contributed by atoms with Crippen LogP contribution < -0.4 is 4.74 Å². The van der Waals surface area contributed by atoms with Crippen LogP contribution in [0, 0.1) is 5.41 Å². The van der Waals surface area contributed by atoms with Gasteiger partial charge in [-0.05, 0) is 99.7 Å². The normalized spacial score (nSPS) is 19.4. The van der Waals surface area contributed by atoms with Crippen LogP contribution in [0.5, 0.6) is 5.75 Å². The minimum Gasteiger partial charge on any atom is -0.494 e. The van der Waals surface area contributed by atoms with E-state index in [1.54, 1.807) is 11.1 Å². The van der Waals surface area contributed by atoms with Crippen LogP contribution in [0.3, 0.4) is 0 Å². The van der Waals surface area contributed by atoms with Crippen molar-refractivity contribution in [3.8, 4) is 5.75 Å². The molecule has 180 valence electrons. The Morgan fingerprint density at radius 1 is 0.844 bits per heavy atom. The number of hydrogen-bond donors (Lipinski definition) is 0. The monoisotopic (exact) mass is 438 g/mol. The van der Waals surface area contributed by atoms with E-state index in [0.29, 0.717) is 11.3 Å². The highest BCUT2D eigenvalue weighted by atomic mass is 16.5. The first-order valence-corrected chi connectivity index (χ1v) is 14.2. The highest BCUT2D eigenvalue weighted by Gasteiger charge is 2.32. The number of ether oxygens (including phenoxy) is 1. The molecule has 0 N–H and O–H groups in total. The van der Waals surface area contributed by atoms with Gasteiger partial charge in [-0.2, -0.15) is 0 Å². The third-order valence-electron chi connectivity index (χ3n) is 8.26. The van der Waals surface area contributed by atoms with E-state index in [1.165, 1.54) is 109 Å².